The summed E-state index contributed by atoms with van der Waals surface area (Å²) in [6.07, 6.45) is 1.44. The predicted octanol–water partition coefficient (Wildman–Crippen LogP) is 6.02. The van der Waals surface area contributed by atoms with Gasteiger partial charge in [-0.2, -0.15) is 0 Å². The van der Waals surface area contributed by atoms with Crippen LogP contribution in [0.25, 0.3) is 0 Å². The van der Waals surface area contributed by atoms with Gasteiger partial charge < -0.3 is 19.8 Å². The van der Waals surface area contributed by atoms with E-state index in [1.807, 2.05) is 18.2 Å². The number of anilines is 2. The van der Waals surface area contributed by atoms with E-state index in [4.69, 9.17) is 20.8 Å². The number of furan rings is 1. The molecule has 1 heterocycles. The fraction of sp³-hybridized carbons (Fsp3) is 0.0400. The van der Waals surface area contributed by atoms with Crippen molar-refractivity contribution in [3.63, 3.8) is 0 Å². The molecule has 2 amide bonds. The highest BCUT2D eigenvalue weighted by Crippen LogP contribution is 2.22. The fourth-order valence-electron chi connectivity index (χ4n) is 2.96. The molecule has 1 aromatic heterocycles. The van der Waals surface area contributed by atoms with Crippen LogP contribution in [0, 0.1) is 0 Å². The molecule has 6 nitrogen and oxygen atoms in total. The second kappa shape index (κ2) is 9.85. The molecule has 0 unspecified atom stereocenters. The van der Waals surface area contributed by atoms with E-state index in [0.29, 0.717) is 34.3 Å². The van der Waals surface area contributed by atoms with E-state index in [0.717, 1.165) is 5.56 Å². The number of para-hydroxylation sites is 1. The topological polar surface area (TPSA) is 80.6 Å². The Morgan fingerprint density at radius 2 is 1.44 bits per heavy atom. The number of hydrogen-bond acceptors (Lipinski definition) is 4. The third kappa shape index (κ3) is 5.36. The van der Waals surface area contributed by atoms with Crippen LogP contribution in [-0.2, 0) is 6.61 Å². The standard InChI is InChI=1S/C25H19ClN2O4/c26-18-9-7-17(8-10-18)16-32-22-5-2-1-4-21(22)24(29)27-19-11-13-20(14-12-19)28-25(30)23-6-3-15-31-23/h1-15H,16H2,(H,27,29)(H,28,30). The monoisotopic (exact) mass is 446 g/mol. The van der Waals surface area contributed by atoms with E-state index in [-0.39, 0.29) is 17.6 Å². The number of rotatable bonds is 7. The number of ether oxygens (including phenoxy) is 1. The van der Waals surface area contributed by atoms with Crippen molar-refractivity contribution >= 4 is 34.8 Å². The zero-order chi connectivity index (χ0) is 22.3. The van der Waals surface area contributed by atoms with E-state index < -0.39 is 0 Å². The van der Waals surface area contributed by atoms with Crippen molar-refractivity contribution in [2.45, 2.75) is 6.61 Å². The van der Waals surface area contributed by atoms with E-state index in [1.165, 1.54) is 6.26 Å². The summed E-state index contributed by atoms with van der Waals surface area (Å²) < 4.78 is 10.9. The molecule has 4 rings (SSSR count). The van der Waals surface area contributed by atoms with Crippen LogP contribution in [0.3, 0.4) is 0 Å². The summed E-state index contributed by atoms with van der Waals surface area (Å²) in [6, 6.07) is 24.4. The van der Waals surface area contributed by atoms with Crippen LogP contribution >= 0.6 is 11.6 Å². The van der Waals surface area contributed by atoms with Crippen molar-refractivity contribution in [1.82, 2.24) is 0 Å². The fourth-order valence-corrected chi connectivity index (χ4v) is 3.08. The van der Waals surface area contributed by atoms with Gasteiger partial charge in [-0.15, -0.1) is 0 Å². The summed E-state index contributed by atoms with van der Waals surface area (Å²) in [4.78, 5) is 24.9. The molecule has 2 N–H and O–H groups in total. The molecular formula is C25H19ClN2O4. The van der Waals surface area contributed by atoms with Gasteiger partial charge in [-0.3, -0.25) is 9.59 Å². The number of halogens is 1. The normalized spacial score (nSPS) is 10.4. The van der Waals surface area contributed by atoms with Crippen LogP contribution in [0.5, 0.6) is 5.75 Å². The van der Waals surface area contributed by atoms with Gasteiger partial charge in [-0.1, -0.05) is 35.9 Å². The number of amides is 2. The first-order valence-electron chi connectivity index (χ1n) is 9.81. The first-order valence-corrected chi connectivity index (χ1v) is 10.2. The van der Waals surface area contributed by atoms with E-state index >= 15 is 0 Å². The zero-order valence-corrected chi connectivity index (χ0v) is 17.6. The van der Waals surface area contributed by atoms with Gasteiger partial charge in [-0.25, -0.2) is 0 Å². The Kier molecular flexibility index (Phi) is 6.53. The van der Waals surface area contributed by atoms with Crippen molar-refractivity contribution in [2.75, 3.05) is 10.6 Å². The molecule has 0 saturated heterocycles. The van der Waals surface area contributed by atoms with Gasteiger partial charge >= 0.3 is 0 Å². The Bertz CT molecular complexity index is 1200. The quantitative estimate of drug-likeness (QED) is 0.364. The van der Waals surface area contributed by atoms with Crippen molar-refractivity contribution in [1.29, 1.82) is 0 Å². The minimum atomic E-state index is -0.349. The Hall–Kier alpha value is -4.03. The van der Waals surface area contributed by atoms with E-state index in [1.54, 1.807) is 66.7 Å². The SMILES string of the molecule is O=C(Nc1ccc(NC(=O)c2ccccc2OCc2ccc(Cl)cc2)cc1)c1ccco1. The molecule has 0 bridgehead atoms. The third-order valence-corrected chi connectivity index (χ3v) is 4.84. The molecule has 0 spiro atoms. The van der Waals surface area contributed by atoms with Crippen LogP contribution in [0.1, 0.15) is 26.5 Å². The molecular weight excluding hydrogens is 428 g/mol. The van der Waals surface area contributed by atoms with Gasteiger partial charge in [0.2, 0.25) is 0 Å². The molecule has 0 aliphatic heterocycles. The average Bonchev–Trinajstić information content (AvgIpc) is 3.35. The Morgan fingerprint density at radius 1 is 0.781 bits per heavy atom. The lowest BCUT2D eigenvalue weighted by Gasteiger charge is -2.12. The van der Waals surface area contributed by atoms with Crippen molar-refractivity contribution < 1.29 is 18.7 Å². The summed E-state index contributed by atoms with van der Waals surface area (Å²) in [6.45, 7) is 0.311. The zero-order valence-electron chi connectivity index (χ0n) is 16.9. The summed E-state index contributed by atoms with van der Waals surface area (Å²) in [5, 5.41) is 6.23. The van der Waals surface area contributed by atoms with Crippen LogP contribution < -0.4 is 15.4 Å². The number of carbonyl (C=O) groups is 2. The molecule has 7 heteroatoms. The molecule has 160 valence electrons. The molecule has 32 heavy (non-hydrogen) atoms. The van der Waals surface area contributed by atoms with Crippen molar-refractivity contribution in [3.8, 4) is 5.75 Å². The minimum absolute atomic E-state index is 0.220. The maximum Gasteiger partial charge on any atom is 0.291 e. The molecule has 3 aromatic carbocycles. The van der Waals surface area contributed by atoms with Crippen LogP contribution in [0.4, 0.5) is 11.4 Å². The van der Waals surface area contributed by atoms with Gasteiger partial charge in [0.25, 0.3) is 11.8 Å². The highest BCUT2D eigenvalue weighted by atomic mass is 35.5. The first-order chi connectivity index (χ1) is 15.6. The smallest absolute Gasteiger partial charge is 0.291 e. The second-order valence-electron chi connectivity index (χ2n) is 6.87. The lowest BCUT2D eigenvalue weighted by atomic mass is 10.1. The molecule has 4 aromatic rings. The average molecular weight is 447 g/mol. The van der Waals surface area contributed by atoms with Crippen LogP contribution in [-0.4, -0.2) is 11.8 Å². The number of carbonyl (C=O) groups excluding carboxylic acids is 2. The highest BCUT2D eigenvalue weighted by molar-refractivity contribution is 6.30. The first kappa shape index (κ1) is 21.2. The molecule has 0 saturated carbocycles. The number of nitrogens with one attached hydrogen (secondary N) is 2. The molecule has 0 aliphatic rings. The molecule has 0 fully saturated rings. The minimum Gasteiger partial charge on any atom is -0.488 e. The molecule has 0 aliphatic carbocycles. The van der Waals surface area contributed by atoms with E-state index in [9.17, 15) is 9.59 Å². The molecule has 0 atom stereocenters. The van der Waals surface area contributed by atoms with Gasteiger partial charge in [0.1, 0.15) is 12.4 Å². The van der Waals surface area contributed by atoms with Gasteiger partial charge in [0.15, 0.2) is 5.76 Å². The summed E-state index contributed by atoms with van der Waals surface area (Å²) in [7, 11) is 0. The lowest BCUT2D eigenvalue weighted by molar-refractivity contribution is 0.0994. The Morgan fingerprint density at radius 3 is 2.09 bits per heavy atom. The van der Waals surface area contributed by atoms with Crippen LogP contribution in [0.15, 0.2) is 95.6 Å². The maximum atomic E-state index is 12.8. The number of benzene rings is 3. The Balaban J connectivity index is 1.39. The highest BCUT2D eigenvalue weighted by Gasteiger charge is 2.13. The Labute approximate surface area is 189 Å². The summed E-state index contributed by atoms with van der Waals surface area (Å²) in [5.41, 5.74) is 2.52. The van der Waals surface area contributed by atoms with Crippen LogP contribution in [0.2, 0.25) is 5.02 Å². The van der Waals surface area contributed by atoms with Gasteiger partial charge in [-0.05, 0) is 66.2 Å². The maximum absolute atomic E-state index is 12.8. The molecule has 0 radical (unpaired) electrons. The second-order valence-corrected chi connectivity index (χ2v) is 7.31. The van der Waals surface area contributed by atoms with Crippen molar-refractivity contribution in [2.24, 2.45) is 0 Å². The lowest BCUT2D eigenvalue weighted by Crippen LogP contribution is -2.14. The van der Waals surface area contributed by atoms with E-state index in [2.05, 4.69) is 10.6 Å². The largest absolute Gasteiger partial charge is 0.488 e. The predicted molar refractivity (Wildman–Crippen MR) is 123 cm³/mol. The summed E-state index contributed by atoms with van der Waals surface area (Å²) in [5.74, 6) is 0.0440. The third-order valence-electron chi connectivity index (χ3n) is 4.58. The van der Waals surface area contributed by atoms with Crippen molar-refractivity contribution in [3.05, 3.63) is 113 Å². The summed E-state index contributed by atoms with van der Waals surface area (Å²) >= 11 is 5.91. The van der Waals surface area contributed by atoms with Gasteiger partial charge in [0.05, 0.1) is 11.8 Å². The van der Waals surface area contributed by atoms with Gasteiger partial charge in [0, 0.05) is 16.4 Å². The number of hydrogen-bond donors (Lipinski definition) is 2.